The second-order valence-electron chi connectivity index (χ2n) is 5.57. The summed E-state index contributed by atoms with van der Waals surface area (Å²) < 4.78 is 8.22. The number of benzene rings is 1. The van der Waals surface area contributed by atoms with E-state index >= 15 is 0 Å². The molecule has 0 amide bonds. The van der Waals surface area contributed by atoms with Crippen LogP contribution >= 0.6 is 11.3 Å². The molecular formula is C16H16N6OS. The molecule has 0 spiro atoms. The second kappa shape index (κ2) is 6.14. The summed E-state index contributed by atoms with van der Waals surface area (Å²) in [6.45, 7) is 5.13. The van der Waals surface area contributed by atoms with E-state index in [0.29, 0.717) is 18.3 Å². The number of fused-ring (bicyclic) bond motifs is 1. The quantitative estimate of drug-likeness (QED) is 0.601. The summed E-state index contributed by atoms with van der Waals surface area (Å²) in [7, 11) is 0. The molecule has 0 radical (unpaired) electrons. The molecule has 0 unspecified atom stereocenters. The van der Waals surface area contributed by atoms with E-state index in [1.165, 1.54) is 15.6 Å². The van der Waals surface area contributed by atoms with E-state index in [2.05, 4.69) is 55.6 Å². The molecule has 7 nitrogen and oxygen atoms in total. The summed E-state index contributed by atoms with van der Waals surface area (Å²) >= 11 is 1.76. The van der Waals surface area contributed by atoms with Gasteiger partial charge in [-0.15, -0.1) is 16.4 Å². The van der Waals surface area contributed by atoms with E-state index in [9.17, 15) is 0 Å². The van der Waals surface area contributed by atoms with Gasteiger partial charge in [-0.2, -0.15) is 4.68 Å². The van der Waals surface area contributed by atoms with Gasteiger partial charge >= 0.3 is 0 Å². The molecule has 1 N–H and O–H groups in total. The van der Waals surface area contributed by atoms with E-state index in [0.717, 1.165) is 17.8 Å². The maximum atomic E-state index is 5.33. The van der Waals surface area contributed by atoms with Gasteiger partial charge in [0.25, 0.3) is 5.88 Å². The summed E-state index contributed by atoms with van der Waals surface area (Å²) in [6.07, 6.45) is 0. The number of rotatable bonds is 5. The van der Waals surface area contributed by atoms with Crippen LogP contribution in [0.25, 0.3) is 16.0 Å². The van der Waals surface area contributed by atoms with Crippen LogP contribution in [0.2, 0.25) is 0 Å². The fraction of sp³-hybridized carbons (Fsp3) is 0.250. The van der Waals surface area contributed by atoms with Crippen LogP contribution in [0.15, 0.2) is 34.2 Å². The largest absolute Gasteiger partial charge is 0.336 e. The molecule has 0 fully saturated rings. The first-order valence-corrected chi connectivity index (χ1v) is 8.48. The molecule has 0 saturated carbocycles. The van der Waals surface area contributed by atoms with Crippen LogP contribution < -0.4 is 5.32 Å². The van der Waals surface area contributed by atoms with E-state index < -0.39 is 0 Å². The van der Waals surface area contributed by atoms with Crippen LogP contribution in [0.3, 0.4) is 0 Å². The highest BCUT2D eigenvalue weighted by Crippen LogP contribution is 2.25. The zero-order valence-electron chi connectivity index (χ0n) is 13.4. The Morgan fingerprint density at radius 1 is 1.21 bits per heavy atom. The second-order valence-corrected chi connectivity index (χ2v) is 6.48. The number of nitrogens with zero attached hydrogens (tertiary/aromatic N) is 5. The zero-order valence-corrected chi connectivity index (χ0v) is 14.2. The van der Waals surface area contributed by atoms with Gasteiger partial charge in [0.2, 0.25) is 0 Å². The average molecular weight is 340 g/mol. The fourth-order valence-corrected chi connectivity index (χ4v) is 3.52. The first-order chi connectivity index (χ1) is 11.7. The highest BCUT2D eigenvalue weighted by molar-refractivity contribution is 7.17. The molecule has 4 aromatic rings. The molecule has 0 aliphatic rings. The maximum Gasteiger partial charge on any atom is 0.257 e. The first kappa shape index (κ1) is 15.0. The van der Waals surface area contributed by atoms with Gasteiger partial charge in [-0.1, -0.05) is 23.4 Å². The molecule has 8 heteroatoms. The van der Waals surface area contributed by atoms with Crippen molar-refractivity contribution in [3.63, 3.8) is 0 Å². The lowest BCUT2D eigenvalue weighted by molar-refractivity contribution is 0.388. The van der Waals surface area contributed by atoms with E-state index in [-0.39, 0.29) is 0 Å². The molecule has 4 rings (SSSR count). The van der Waals surface area contributed by atoms with Crippen LogP contribution in [0.4, 0.5) is 0 Å². The minimum absolute atomic E-state index is 0.538. The topological polar surface area (TPSA) is 81.7 Å². The molecule has 1 aromatic carbocycles. The molecule has 0 aliphatic carbocycles. The van der Waals surface area contributed by atoms with Crippen molar-refractivity contribution in [1.29, 1.82) is 0 Å². The molecule has 24 heavy (non-hydrogen) atoms. The number of aromatic nitrogens is 5. The van der Waals surface area contributed by atoms with Gasteiger partial charge in [0, 0.05) is 16.8 Å². The Kier molecular flexibility index (Phi) is 3.83. The van der Waals surface area contributed by atoms with E-state index in [1.54, 1.807) is 16.0 Å². The minimum Gasteiger partial charge on any atom is -0.336 e. The summed E-state index contributed by atoms with van der Waals surface area (Å²) in [5.74, 6) is 1.25. The summed E-state index contributed by atoms with van der Waals surface area (Å²) in [5.41, 5.74) is 3.05. The van der Waals surface area contributed by atoms with Crippen molar-refractivity contribution in [2.24, 2.45) is 0 Å². The standard InChI is InChI=1S/C16H16N6OS/c1-10-11(2)19-23-16(10)22-15(18-20-21-22)8-17-7-12-9-24-14-6-4-3-5-13(12)14/h3-6,9,17H,7-8H2,1-2H3. The summed E-state index contributed by atoms with van der Waals surface area (Å²) in [6, 6.07) is 8.41. The summed E-state index contributed by atoms with van der Waals surface area (Å²) in [5, 5.41) is 22.7. The third-order valence-corrected chi connectivity index (χ3v) is 5.03. The monoisotopic (exact) mass is 340 g/mol. The number of hydrogen-bond acceptors (Lipinski definition) is 7. The van der Waals surface area contributed by atoms with Gasteiger partial charge in [-0.3, -0.25) is 0 Å². The highest BCUT2D eigenvalue weighted by atomic mass is 32.1. The zero-order chi connectivity index (χ0) is 16.5. The smallest absolute Gasteiger partial charge is 0.257 e. The Labute approximate surface area is 142 Å². The van der Waals surface area contributed by atoms with E-state index in [1.807, 2.05) is 13.8 Å². The lowest BCUT2D eigenvalue weighted by Crippen LogP contribution is -2.16. The van der Waals surface area contributed by atoms with Crippen LogP contribution in [-0.4, -0.2) is 25.4 Å². The van der Waals surface area contributed by atoms with Crippen LogP contribution in [-0.2, 0) is 13.1 Å². The highest BCUT2D eigenvalue weighted by Gasteiger charge is 2.16. The number of tetrazole rings is 1. The van der Waals surface area contributed by atoms with Crippen molar-refractivity contribution in [3.05, 3.63) is 52.3 Å². The van der Waals surface area contributed by atoms with Crippen LogP contribution in [0.5, 0.6) is 0 Å². The van der Waals surface area contributed by atoms with Crippen molar-refractivity contribution in [2.75, 3.05) is 0 Å². The van der Waals surface area contributed by atoms with Gasteiger partial charge in [0.15, 0.2) is 5.82 Å². The SMILES string of the molecule is Cc1noc(-n2nnnc2CNCc2csc3ccccc23)c1C. The molecule has 0 aliphatic heterocycles. The fourth-order valence-electron chi connectivity index (χ4n) is 2.55. The maximum absolute atomic E-state index is 5.33. The Balaban J connectivity index is 1.49. The van der Waals surface area contributed by atoms with Gasteiger partial charge in [-0.05, 0) is 46.7 Å². The normalized spacial score (nSPS) is 11.4. The Morgan fingerprint density at radius 3 is 2.92 bits per heavy atom. The van der Waals surface area contributed by atoms with Crippen molar-refractivity contribution < 1.29 is 4.52 Å². The Hall–Kier alpha value is -2.58. The number of thiophene rings is 1. The molecule has 3 aromatic heterocycles. The first-order valence-electron chi connectivity index (χ1n) is 7.60. The minimum atomic E-state index is 0.538. The van der Waals surface area contributed by atoms with Crippen molar-refractivity contribution >= 4 is 21.4 Å². The third kappa shape index (κ3) is 2.59. The predicted octanol–water partition coefficient (Wildman–Crippen LogP) is 2.77. The molecule has 0 saturated heterocycles. The lowest BCUT2D eigenvalue weighted by Gasteiger charge is -2.04. The van der Waals surface area contributed by atoms with Crippen LogP contribution in [0.1, 0.15) is 22.6 Å². The van der Waals surface area contributed by atoms with Gasteiger partial charge < -0.3 is 9.84 Å². The number of aryl methyl sites for hydroxylation is 1. The van der Waals surface area contributed by atoms with Crippen LogP contribution in [0, 0.1) is 13.8 Å². The third-order valence-electron chi connectivity index (χ3n) is 4.02. The van der Waals surface area contributed by atoms with Gasteiger partial charge in [0.1, 0.15) is 0 Å². The predicted molar refractivity (Wildman–Crippen MR) is 91.1 cm³/mol. The number of hydrogen-bond donors (Lipinski definition) is 1. The van der Waals surface area contributed by atoms with Gasteiger partial charge in [-0.25, -0.2) is 0 Å². The lowest BCUT2D eigenvalue weighted by atomic mass is 10.2. The van der Waals surface area contributed by atoms with Crippen molar-refractivity contribution in [3.8, 4) is 5.88 Å². The molecule has 3 heterocycles. The van der Waals surface area contributed by atoms with Crippen molar-refractivity contribution in [2.45, 2.75) is 26.9 Å². The Morgan fingerprint density at radius 2 is 2.08 bits per heavy atom. The molecule has 122 valence electrons. The Bertz CT molecular complexity index is 985. The van der Waals surface area contributed by atoms with Gasteiger partial charge in [0.05, 0.1) is 12.2 Å². The molecule has 0 atom stereocenters. The van der Waals surface area contributed by atoms with E-state index in [4.69, 9.17) is 4.52 Å². The molecular weight excluding hydrogens is 324 g/mol. The molecule has 0 bridgehead atoms. The number of nitrogens with one attached hydrogen (secondary N) is 1. The summed E-state index contributed by atoms with van der Waals surface area (Å²) in [4.78, 5) is 0. The van der Waals surface area contributed by atoms with Crippen molar-refractivity contribution in [1.82, 2.24) is 30.7 Å². The average Bonchev–Trinajstić information content (AvgIpc) is 3.29.